The molecule has 22 heavy (non-hydrogen) atoms. The quantitative estimate of drug-likeness (QED) is 0.860. The highest BCUT2D eigenvalue weighted by Gasteiger charge is 2.20. The number of amides is 1. The number of likely N-dealkylation sites (N-methyl/N-ethyl adjacent to an activating group) is 1. The molecule has 1 aliphatic heterocycles. The largest absolute Gasteiger partial charge is 0.367 e. The molecule has 1 heterocycles. The summed E-state index contributed by atoms with van der Waals surface area (Å²) in [6.45, 7) is 8.98. The minimum atomic E-state index is -0.336. The lowest BCUT2D eigenvalue weighted by Crippen LogP contribution is -2.39. The zero-order valence-corrected chi connectivity index (χ0v) is 13.8. The van der Waals surface area contributed by atoms with Crippen LogP contribution in [0.15, 0.2) is 30.3 Å². The molecule has 0 radical (unpaired) electrons. The van der Waals surface area contributed by atoms with E-state index in [2.05, 4.69) is 29.2 Å². The fourth-order valence-electron chi connectivity index (χ4n) is 2.86. The SMILES string of the molecule is CCN1CCCCN(Cc2ccccc2)CCO[C@H](C)C1=O. The number of carbonyl (C=O) groups excluding carboxylic acids is 1. The van der Waals surface area contributed by atoms with Gasteiger partial charge in [0, 0.05) is 26.2 Å². The predicted octanol–water partition coefficient (Wildman–Crippen LogP) is 2.54. The Balaban J connectivity index is 1.94. The van der Waals surface area contributed by atoms with E-state index in [1.165, 1.54) is 5.56 Å². The van der Waals surface area contributed by atoms with Gasteiger partial charge in [0.2, 0.25) is 0 Å². The highest BCUT2D eigenvalue weighted by Crippen LogP contribution is 2.09. The predicted molar refractivity (Wildman–Crippen MR) is 88.6 cm³/mol. The molecule has 1 aliphatic rings. The van der Waals surface area contributed by atoms with E-state index in [0.29, 0.717) is 6.61 Å². The van der Waals surface area contributed by atoms with Crippen LogP contribution in [0.4, 0.5) is 0 Å². The number of hydrogen-bond donors (Lipinski definition) is 0. The first-order valence-electron chi connectivity index (χ1n) is 8.37. The molecule has 0 saturated carbocycles. The molecule has 1 fully saturated rings. The second kappa shape index (κ2) is 8.91. The first-order chi connectivity index (χ1) is 10.7. The van der Waals surface area contributed by atoms with Gasteiger partial charge in [-0.25, -0.2) is 0 Å². The van der Waals surface area contributed by atoms with Crippen molar-refractivity contribution in [1.82, 2.24) is 9.80 Å². The van der Waals surface area contributed by atoms with Crippen molar-refractivity contribution in [3.05, 3.63) is 35.9 Å². The first-order valence-corrected chi connectivity index (χ1v) is 8.37. The van der Waals surface area contributed by atoms with Crippen LogP contribution < -0.4 is 0 Å². The minimum Gasteiger partial charge on any atom is -0.367 e. The number of carbonyl (C=O) groups is 1. The molecule has 0 spiro atoms. The van der Waals surface area contributed by atoms with Gasteiger partial charge in [-0.15, -0.1) is 0 Å². The highest BCUT2D eigenvalue weighted by molar-refractivity contribution is 5.80. The Bertz CT molecular complexity index is 450. The van der Waals surface area contributed by atoms with Gasteiger partial charge in [-0.2, -0.15) is 0 Å². The molecule has 0 unspecified atom stereocenters. The van der Waals surface area contributed by atoms with Crippen molar-refractivity contribution in [2.45, 2.75) is 39.3 Å². The van der Waals surface area contributed by atoms with E-state index in [9.17, 15) is 4.79 Å². The molecule has 0 N–H and O–H groups in total. The van der Waals surface area contributed by atoms with Crippen molar-refractivity contribution in [1.29, 1.82) is 0 Å². The fourth-order valence-corrected chi connectivity index (χ4v) is 2.86. The summed E-state index contributed by atoms with van der Waals surface area (Å²) in [6.07, 6.45) is 1.83. The third-order valence-corrected chi connectivity index (χ3v) is 4.22. The van der Waals surface area contributed by atoms with Gasteiger partial charge in [0.05, 0.1) is 6.61 Å². The van der Waals surface area contributed by atoms with Crippen LogP contribution in [0.5, 0.6) is 0 Å². The van der Waals surface area contributed by atoms with Crippen LogP contribution in [-0.4, -0.2) is 54.6 Å². The lowest BCUT2D eigenvalue weighted by Gasteiger charge is -2.24. The van der Waals surface area contributed by atoms with Crippen molar-refractivity contribution < 1.29 is 9.53 Å². The zero-order chi connectivity index (χ0) is 15.8. The van der Waals surface area contributed by atoms with E-state index in [1.807, 2.05) is 24.8 Å². The second-order valence-corrected chi connectivity index (χ2v) is 5.90. The Morgan fingerprint density at radius 2 is 1.86 bits per heavy atom. The smallest absolute Gasteiger partial charge is 0.251 e. The lowest BCUT2D eigenvalue weighted by atomic mass is 10.2. The van der Waals surface area contributed by atoms with Crippen molar-refractivity contribution in [3.63, 3.8) is 0 Å². The molecular weight excluding hydrogens is 276 g/mol. The molecular formula is C18H28N2O2. The zero-order valence-electron chi connectivity index (χ0n) is 13.8. The fraction of sp³-hybridized carbons (Fsp3) is 0.611. The number of hydrogen-bond acceptors (Lipinski definition) is 3. The average molecular weight is 304 g/mol. The summed E-state index contributed by atoms with van der Waals surface area (Å²) in [4.78, 5) is 16.6. The summed E-state index contributed by atoms with van der Waals surface area (Å²) in [5.74, 6) is 0.124. The van der Waals surface area contributed by atoms with E-state index >= 15 is 0 Å². The van der Waals surface area contributed by atoms with E-state index < -0.39 is 0 Å². The van der Waals surface area contributed by atoms with E-state index in [-0.39, 0.29) is 12.0 Å². The summed E-state index contributed by atoms with van der Waals surface area (Å²) in [5, 5.41) is 0. The number of ether oxygens (including phenoxy) is 1. The molecule has 0 aliphatic carbocycles. The summed E-state index contributed by atoms with van der Waals surface area (Å²) >= 11 is 0. The Hall–Kier alpha value is -1.39. The van der Waals surface area contributed by atoms with Crippen molar-refractivity contribution in [2.75, 3.05) is 32.8 Å². The van der Waals surface area contributed by atoms with Crippen LogP contribution in [-0.2, 0) is 16.1 Å². The van der Waals surface area contributed by atoms with Crippen LogP contribution in [0.2, 0.25) is 0 Å². The second-order valence-electron chi connectivity index (χ2n) is 5.90. The number of rotatable bonds is 3. The Morgan fingerprint density at radius 1 is 1.14 bits per heavy atom. The highest BCUT2D eigenvalue weighted by atomic mass is 16.5. The maximum absolute atomic E-state index is 12.3. The molecule has 4 heteroatoms. The number of nitrogens with zero attached hydrogens (tertiary/aromatic N) is 2. The van der Waals surface area contributed by atoms with Crippen molar-refractivity contribution in [2.24, 2.45) is 0 Å². The Labute approximate surface area is 134 Å². The lowest BCUT2D eigenvalue weighted by molar-refractivity contribution is -0.142. The third-order valence-electron chi connectivity index (χ3n) is 4.22. The molecule has 122 valence electrons. The summed E-state index contributed by atoms with van der Waals surface area (Å²) in [7, 11) is 0. The monoisotopic (exact) mass is 304 g/mol. The van der Waals surface area contributed by atoms with Gasteiger partial charge in [0.1, 0.15) is 6.10 Å². The van der Waals surface area contributed by atoms with Gasteiger partial charge in [0.15, 0.2) is 0 Å². The maximum atomic E-state index is 12.3. The normalized spacial score (nSPS) is 22.4. The summed E-state index contributed by atoms with van der Waals surface area (Å²) < 4.78 is 5.75. The van der Waals surface area contributed by atoms with Crippen LogP contribution in [0, 0.1) is 0 Å². The van der Waals surface area contributed by atoms with Gasteiger partial charge in [-0.05, 0) is 38.8 Å². The average Bonchev–Trinajstić information content (AvgIpc) is 2.56. The van der Waals surface area contributed by atoms with Crippen LogP contribution in [0.1, 0.15) is 32.3 Å². The summed E-state index contributed by atoms with van der Waals surface area (Å²) in [5.41, 5.74) is 1.33. The minimum absolute atomic E-state index is 0.124. The van der Waals surface area contributed by atoms with Gasteiger partial charge in [-0.1, -0.05) is 30.3 Å². The third kappa shape index (κ3) is 5.11. The molecule has 4 nitrogen and oxygen atoms in total. The van der Waals surface area contributed by atoms with E-state index in [4.69, 9.17) is 4.74 Å². The maximum Gasteiger partial charge on any atom is 0.251 e. The Morgan fingerprint density at radius 3 is 2.59 bits per heavy atom. The molecule has 0 bridgehead atoms. The van der Waals surface area contributed by atoms with Gasteiger partial charge in [0.25, 0.3) is 5.91 Å². The molecule has 2 rings (SSSR count). The molecule has 1 amide bonds. The first kappa shape index (κ1) is 17.0. The van der Waals surface area contributed by atoms with Crippen LogP contribution in [0.3, 0.4) is 0 Å². The molecule has 1 saturated heterocycles. The number of benzene rings is 1. The molecule has 1 atom stereocenters. The van der Waals surface area contributed by atoms with Crippen LogP contribution >= 0.6 is 0 Å². The molecule has 1 aromatic carbocycles. The van der Waals surface area contributed by atoms with E-state index in [1.54, 1.807) is 0 Å². The summed E-state index contributed by atoms with van der Waals surface area (Å²) in [6, 6.07) is 10.5. The molecule has 1 aromatic rings. The van der Waals surface area contributed by atoms with E-state index in [0.717, 1.165) is 45.6 Å². The van der Waals surface area contributed by atoms with Crippen LogP contribution in [0.25, 0.3) is 0 Å². The molecule has 0 aromatic heterocycles. The van der Waals surface area contributed by atoms with Gasteiger partial charge >= 0.3 is 0 Å². The topological polar surface area (TPSA) is 32.8 Å². The van der Waals surface area contributed by atoms with Crippen molar-refractivity contribution >= 4 is 5.91 Å². The Kier molecular flexibility index (Phi) is 6.87. The standard InChI is InChI=1S/C18H28N2O2/c1-3-20-12-8-7-11-19(13-14-22-16(2)18(20)21)15-17-9-5-4-6-10-17/h4-6,9-10,16H,3,7-8,11-15H2,1-2H3/t16-/m1/s1. The van der Waals surface area contributed by atoms with Crippen molar-refractivity contribution in [3.8, 4) is 0 Å². The van der Waals surface area contributed by atoms with Gasteiger partial charge in [-0.3, -0.25) is 9.69 Å². The van der Waals surface area contributed by atoms with Gasteiger partial charge < -0.3 is 9.64 Å².